The first-order valence-electron chi connectivity index (χ1n) is 3.00. The van der Waals surface area contributed by atoms with Gasteiger partial charge in [0, 0.05) is 164 Å². The Morgan fingerprint density at radius 2 is 0.467 bits per heavy atom. The summed E-state index contributed by atoms with van der Waals surface area (Å²) < 4.78 is 0. The Kier molecular flexibility index (Phi) is 171. The maximum atomic E-state index is 2.00. The maximum Gasteiger partial charge on any atom is 0 e. The zero-order chi connectivity index (χ0) is 6.24. The van der Waals surface area contributed by atoms with Crippen LogP contribution in [0.4, 0.5) is 0 Å². The fourth-order valence-electron chi connectivity index (χ4n) is 0.385. The second-order valence-electron chi connectivity index (χ2n) is 1.15. The normalized spacial score (nSPS) is 3.60. The standard InChI is InChI=1S/C6H6.C2H6.2CH3.5Y/c1-2-4-6-5-3-1;1-2;;;;;;;/h1-6H;1-2H3;2*1H3;;;;;/q;;2*-1;;;;;. The molecule has 0 aliphatic heterocycles. The predicted octanol–water partition coefficient (Wildman–Crippen LogP) is 3.60. The average Bonchev–Trinajstić information content (AvgIpc) is 1.96. The second kappa shape index (κ2) is 51.1. The summed E-state index contributed by atoms with van der Waals surface area (Å²) in [6.45, 7) is 4.00. The van der Waals surface area contributed by atoms with E-state index in [-0.39, 0.29) is 178 Å². The third-order valence-corrected chi connectivity index (χ3v) is 0.667. The van der Waals surface area contributed by atoms with Crippen molar-refractivity contribution in [2.45, 2.75) is 13.8 Å². The van der Waals surface area contributed by atoms with Crippen LogP contribution in [0.1, 0.15) is 13.8 Å². The molecule has 0 amide bonds. The Morgan fingerprint density at radius 3 is 0.533 bits per heavy atom. The Labute approximate surface area is 223 Å². The molecule has 0 N–H and O–H groups in total. The van der Waals surface area contributed by atoms with Crippen molar-refractivity contribution in [3.05, 3.63) is 51.3 Å². The van der Waals surface area contributed by atoms with Gasteiger partial charge in [-0.1, -0.05) is 50.2 Å². The smallest absolute Gasteiger partial charge is 0 e. The quantitative estimate of drug-likeness (QED) is 0.411. The molecular weight excluding hydrogens is 565 g/mol. The van der Waals surface area contributed by atoms with Gasteiger partial charge < -0.3 is 14.9 Å². The van der Waals surface area contributed by atoms with E-state index in [1.54, 1.807) is 0 Å². The van der Waals surface area contributed by atoms with Crippen LogP contribution in [0.25, 0.3) is 0 Å². The summed E-state index contributed by atoms with van der Waals surface area (Å²) >= 11 is 0. The zero-order valence-electron chi connectivity index (χ0n) is 10.4. The molecule has 0 nitrogen and oxygen atoms in total. The number of rotatable bonds is 0. The van der Waals surface area contributed by atoms with Crippen molar-refractivity contribution >= 4 is 0 Å². The summed E-state index contributed by atoms with van der Waals surface area (Å²) in [6.07, 6.45) is 0. The van der Waals surface area contributed by atoms with Gasteiger partial charge in [0.1, 0.15) is 0 Å². The van der Waals surface area contributed by atoms with E-state index in [1.807, 2.05) is 50.2 Å². The van der Waals surface area contributed by atoms with Crippen LogP contribution in [-0.2, 0) is 164 Å². The molecule has 0 unspecified atom stereocenters. The first kappa shape index (κ1) is 50.3. The number of benzene rings is 1. The molecule has 0 heterocycles. The van der Waals surface area contributed by atoms with Gasteiger partial charge in [-0.05, 0) is 0 Å². The van der Waals surface area contributed by atoms with Crippen molar-refractivity contribution in [1.82, 2.24) is 0 Å². The van der Waals surface area contributed by atoms with Gasteiger partial charge in [-0.3, -0.25) is 0 Å². The molecular formula is C10H18Y5-2. The van der Waals surface area contributed by atoms with Crippen molar-refractivity contribution in [3.63, 3.8) is 0 Å². The first-order valence-corrected chi connectivity index (χ1v) is 3.00. The minimum Gasteiger partial charge on any atom is -0.358 e. The minimum absolute atomic E-state index is 0. The summed E-state index contributed by atoms with van der Waals surface area (Å²) in [5.41, 5.74) is 0. The Bertz CT molecular complexity index is 85.7. The molecule has 75 valence electrons. The minimum atomic E-state index is 0. The Hall–Kier alpha value is 4.74. The maximum absolute atomic E-state index is 2.00. The van der Waals surface area contributed by atoms with E-state index in [0.29, 0.717) is 0 Å². The monoisotopic (exact) mass is 583 g/mol. The van der Waals surface area contributed by atoms with E-state index in [9.17, 15) is 0 Å². The molecule has 1 aromatic rings. The molecule has 1 aromatic carbocycles. The van der Waals surface area contributed by atoms with Crippen molar-refractivity contribution < 1.29 is 164 Å². The summed E-state index contributed by atoms with van der Waals surface area (Å²) in [6, 6.07) is 12.0. The summed E-state index contributed by atoms with van der Waals surface area (Å²) in [5, 5.41) is 0. The second-order valence-corrected chi connectivity index (χ2v) is 1.15. The summed E-state index contributed by atoms with van der Waals surface area (Å²) in [4.78, 5) is 0. The van der Waals surface area contributed by atoms with Crippen LogP contribution < -0.4 is 0 Å². The van der Waals surface area contributed by atoms with Gasteiger partial charge in [0.25, 0.3) is 0 Å². The Morgan fingerprint density at radius 1 is 0.400 bits per heavy atom. The van der Waals surface area contributed by atoms with Gasteiger partial charge in [-0.2, -0.15) is 0 Å². The fraction of sp³-hybridized carbons (Fsp3) is 0.200. The van der Waals surface area contributed by atoms with Crippen LogP contribution in [0.5, 0.6) is 0 Å². The van der Waals surface area contributed by atoms with Gasteiger partial charge in [-0.15, -0.1) is 0 Å². The molecule has 0 saturated carbocycles. The zero-order valence-corrected chi connectivity index (χ0v) is 24.5. The SMILES string of the molecule is CC.[CH3-].[CH3-].[Y].[Y].[Y].[Y].[Y].c1ccccc1. The molecule has 0 atom stereocenters. The van der Waals surface area contributed by atoms with E-state index in [2.05, 4.69) is 0 Å². The van der Waals surface area contributed by atoms with Crippen LogP contribution in [0.3, 0.4) is 0 Å². The Balaban J connectivity index is -0.00000000868. The van der Waals surface area contributed by atoms with E-state index >= 15 is 0 Å². The van der Waals surface area contributed by atoms with E-state index in [4.69, 9.17) is 0 Å². The van der Waals surface area contributed by atoms with Crippen LogP contribution in [0, 0.1) is 14.9 Å². The van der Waals surface area contributed by atoms with Crippen molar-refractivity contribution in [1.29, 1.82) is 0 Å². The fourth-order valence-corrected chi connectivity index (χ4v) is 0.385. The third-order valence-electron chi connectivity index (χ3n) is 0.667. The molecule has 5 radical (unpaired) electrons. The van der Waals surface area contributed by atoms with E-state index < -0.39 is 0 Å². The molecule has 0 aliphatic rings. The number of hydrogen-bond acceptors (Lipinski definition) is 0. The van der Waals surface area contributed by atoms with Crippen LogP contribution in [0.2, 0.25) is 0 Å². The third kappa shape index (κ3) is 45.5. The van der Waals surface area contributed by atoms with Crippen LogP contribution >= 0.6 is 0 Å². The van der Waals surface area contributed by atoms with Gasteiger partial charge in [0.05, 0.1) is 0 Å². The molecule has 0 aromatic heterocycles. The van der Waals surface area contributed by atoms with Gasteiger partial charge >= 0.3 is 0 Å². The summed E-state index contributed by atoms with van der Waals surface area (Å²) in [5.74, 6) is 0. The van der Waals surface area contributed by atoms with Crippen molar-refractivity contribution in [2.75, 3.05) is 0 Å². The average molecular weight is 583 g/mol. The van der Waals surface area contributed by atoms with E-state index in [0.717, 1.165) is 0 Å². The molecule has 0 spiro atoms. The van der Waals surface area contributed by atoms with Gasteiger partial charge in [0.2, 0.25) is 0 Å². The largest absolute Gasteiger partial charge is 0.358 e. The predicted molar refractivity (Wildman–Crippen MR) is 50.6 cm³/mol. The van der Waals surface area contributed by atoms with Crippen molar-refractivity contribution in [3.8, 4) is 0 Å². The molecule has 0 aliphatic carbocycles. The van der Waals surface area contributed by atoms with Crippen LogP contribution in [-0.4, -0.2) is 0 Å². The van der Waals surface area contributed by atoms with E-state index in [1.165, 1.54) is 0 Å². The molecule has 0 fully saturated rings. The molecule has 5 heteroatoms. The van der Waals surface area contributed by atoms with Gasteiger partial charge in [-0.25, -0.2) is 0 Å². The summed E-state index contributed by atoms with van der Waals surface area (Å²) in [7, 11) is 0. The number of hydrogen-bond donors (Lipinski definition) is 0. The molecule has 0 bridgehead atoms. The molecule has 1 rings (SSSR count). The molecule has 15 heavy (non-hydrogen) atoms. The van der Waals surface area contributed by atoms with Crippen molar-refractivity contribution in [2.24, 2.45) is 0 Å². The van der Waals surface area contributed by atoms with Crippen LogP contribution in [0.15, 0.2) is 36.4 Å². The topological polar surface area (TPSA) is 0 Å². The van der Waals surface area contributed by atoms with Gasteiger partial charge in [0.15, 0.2) is 0 Å². The molecule has 0 saturated heterocycles. The first-order chi connectivity index (χ1) is 4.00.